The summed E-state index contributed by atoms with van der Waals surface area (Å²) in [6.07, 6.45) is 2.85. The molecule has 0 aliphatic heterocycles. The van der Waals surface area contributed by atoms with Crippen LogP contribution in [0.4, 0.5) is 4.39 Å². The van der Waals surface area contributed by atoms with Gasteiger partial charge in [-0.15, -0.1) is 0 Å². The molecule has 0 bridgehead atoms. The Labute approximate surface area is 171 Å². The van der Waals surface area contributed by atoms with Gasteiger partial charge < -0.3 is 14.3 Å². The minimum Gasteiger partial charge on any atom is -0.463 e. The standard InChI is InChI=1S/C23H19FN4O2/c1-28-19-6-5-14(30-12-24)9-15(19)21-17(3-2-4-20(21)28)23(11-25)8-7-18-16(10-23)22(29)27-13-26-18/h2-6,9,13H,7-8,10,12H2,1H3,(H,26,27,29). The van der Waals surface area contributed by atoms with E-state index in [4.69, 9.17) is 4.74 Å². The first-order valence-corrected chi connectivity index (χ1v) is 9.75. The summed E-state index contributed by atoms with van der Waals surface area (Å²) in [6, 6.07) is 13.9. The Hall–Kier alpha value is -3.66. The number of nitrogens with zero attached hydrogens (tertiary/aromatic N) is 3. The number of alkyl halides is 1. The number of hydrogen-bond donors (Lipinski definition) is 1. The Kier molecular flexibility index (Phi) is 4.10. The molecule has 6 nitrogen and oxygen atoms in total. The highest BCUT2D eigenvalue weighted by atomic mass is 19.1. The second kappa shape index (κ2) is 6.70. The van der Waals surface area contributed by atoms with Gasteiger partial charge in [0, 0.05) is 40.8 Å². The van der Waals surface area contributed by atoms with Gasteiger partial charge in [0.15, 0.2) is 0 Å². The summed E-state index contributed by atoms with van der Waals surface area (Å²) in [5, 5.41) is 12.2. The van der Waals surface area contributed by atoms with Gasteiger partial charge in [-0.3, -0.25) is 4.79 Å². The van der Waals surface area contributed by atoms with Crippen LogP contribution in [-0.4, -0.2) is 21.4 Å². The van der Waals surface area contributed by atoms with E-state index < -0.39 is 12.3 Å². The Bertz CT molecular complexity index is 1400. The molecule has 7 heteroatoms. The zero-order chi connectivity index (χ0) is 20.9. The Morgan fingerprint density at radius 1 is 1.33 bits per heavy atom. The highest BCUT2D eigenvalue weighted by Gasteiger charge is 2.40. The molecule has 0 fully saturated rings. The fourth-order valence-electron chi connectivity index (χ4n) is 4.76. The molecule has 0 saturated heterocycles. The average Bonchev–Trinajstić information content (AvgIpc) is 3.06. The Morgan fingerprint density at radius 3 is 3.00 bits per heavy atom. The van der Waals surface area contributed by atoms with Gasteiger partial charge in [0.25, 0.3) is 5.56 Å². The molecule has 1 aliphatic carbocycles. The fraction of sp³-hybridized carbons (Fsp3) is 0.261. The first kappa shape index (κ1) is 18.4. The number of benzene rings is 2. The molecule has 2 heterocycles. The third-order valence-corrected chi connectivity index (χ3v) is 6.26. The van der Waals surface area contributed by atoms with E-state index in [9.17, 15) is 14.4 Å². The van der Waals surface area contributed by atoms with E-state index in [0.717, 1.165) is 33.1 Å². The number of nitriles is 1. The largest absolute Gasteiger partial charge is 0.463 e. The van der Waals surface area contributed by atoms with Crippen molar-refractivity contribution in [1.29, 1.82) is 5.26 Å². The highest BCUT2D eigenvalue weighted by molar-refractivity contribution is 6.10. The van der Waals surface area contributed by atoms with Crippen molar-refractivity contribution in [3.05, 3.63) is 69.9 Å². The van der Waals surface area contributed by atoms with Crippen LogP contribution in [0.2, 0.25) is 0 Å². The van der Waals surface area contributed by atoms with Gasteiger partial charge in [-0.2, -0.15) is 5.26 Å². The monoisotopic (exact) mass is 402 g/mol. The van der Waals surface area contributed by atoms with Crippen LogP contribution >= 0.6 is 0 Å². The molecule has 2 aromatic carbocycles. The molecule has 0 saturated carbocycles. The number of aromatic amines is 1. The van der Waals surface area contributed by atoms with Gasteiger partial charge in [-0.1, -0.05) is 12.1 Å². The van der Waals surface area contributed by atoms with Crippen molar-refractivity contribution in [2.75, 3.05) is 6.86 Å². The predicted octanol–water partition coefficient (Wildman–Crippen LogP) is 3.67. The van der Waals surface area contributed by atoms with Crippen LogP contribution in [0.3, 0.4) is 0 Å². The Morgan fingerprint density at radius 2 is 2.20 bits per heavy atom. The molecule has 2 aromatic heterocycles. The molecule has 0 radical (unpaired) electrons. The maximum atomic E-state index is 12.8. The summed E-state index contributed by atoms with van der Waals surface area (Å²) in [6.45, 7) is -0.905. The topological polar surface area (TPSA) is 83.7 Å². The van der Waals surface area contributed by atoms with Crippen molar-refractivity contribution in [3.8, 4) is 11.8 Å². The molecule has 4 aromatic rings. The van der Waals surface area contributed by atoms with Crippen LogP contribution in [0.1, 0.15) is 23.2 Å². The van der Waals surface area contributed by atoms with E-state index in [1.807, 2.05) is 37.4 Å². The average molecular weight is 402 g/mol. The number of aromatic nitrogens is 3. The van der Waals surface area contributed by atoms with Crippen molar-refractivity contribution in [1.82, 2.24) is 14.5 Å². The smallest absolute Gasteiger partial charge is 0.254 e. The lowest BCUT2D eigenvalue weighted by Gasteiger charge is -2.32. The van der Waals surface area contributed by atoms with Crippen LogP contribution in [0.5, 0.6) is 5.75 Å². The Balaban J connectivity index is 1.80. The second-order valence-electron chi connectivity index (χ2n) is 7.72. The first-order valence-electron chi connectivity index (χ1n) is 9.75. The lowest BCUT2D eigenvalue weighted by atomic mass is 9.68. The van der Waals surface area contributed by atoms with Gasteiger partial charge in [-0.25, -0.2) is 9.37 Å². The summed E-state index contributed by atoms with van der Waals surface area (Å²) in [5.74, 6) is 0.438. The van der Waals surface area contributed by atoms with Crippen molar-refractivity contribution in [3.63, 3.8) is 0 Å². The van der Waals surface area contributed by atoms with Crippen molar-refractivity contribution in [2.24, 2.45) is 7.05 Å². The molecule has 1 N–H and O–H groups in total. The zero-order valence-electron chi connectivity index (χ0n) is 16.4. The van der Waals surface area contributed by atoms with Crippen molar-refractivity contribution < 1.29 is 9.13 Å². The number of fused-ring (bicyclic) bond motifs is 4. The van der Waals surface area contributed by atoms with Gasteiger partial charge >= 0.3 is 0 Å². The molecular formula is C23H19FN4O2. The molecule has 1 atom stereocenters. The number of H-pyrrole nitrogens is 1. The van der Waals surface area contributed by atoms with Gasteiger partial charge in [0.1, 0.15) is 5.75 Å². The first-order chi connectivity index (χ1) is 14.6. The maximum Gasteiger partial charge on any atom is 0.254 e. The third kappa shape index (κ3) is 2.53. The van der Waals surface area contributed by atoms with E-state index in [-0.39, 0.29) is 5.56 Å². The molecule has 0 amide bonds. The molecule has 0 spiro atoms. The molecule has 1 unspecified atom stereocenters. The quantitative estimate of drug-likeness (QED) is 0.567. The van der Waals surface area contributed by atoms with E-state index >= 15 is 0 Å². The fourth-order valence-corrected chi connectivity index (χ4v) is 4.76. The SMILES string of the molecule is Cn1c2ccc(OCF)cc2c2c(C3(C#N)CCc4nc[nH]c(=O)c4C3)cccc21. The molecule has 150 valence electrons. The van der Waals surface area contributed by atoms with Crippen molar-refractivity contribution in [2.45, 2.75) is 24.7 Å². The molecular weight excluding hydrogens is 383 g/mol. The van der Waals surface area contributed by atoms with E-state index in [2.05, 4.69) is 20.6 Å². The van der Waals surface area contributed by atoms with Crippen LogP contribution in [-0.2, 0) is 25.3 Å². The van der Waals surface area contributed by atoms with Crippen LogP contribution in [0.25, 0.3) is 21.8 Å². The molecule has 5 rings (SSSR count). The van der Waals surface area contributed by atoms with E-state index in [0.29, 0.717) is 30.6 Å². The van der Waals surface area contributed by atoms with Gasteiger partial charge in [0.05, 0.1) is 23.5 Å². The maximum absolute atomic E-state index is 12.8. The zero-order valence-corrected chi connectivity index (χ0v) is 16.4. The number of halogens is 1. The van der Waals surface area contributed by atoms with Gasteiger partial charge in [0.2, 0.25) is 6.86 Å². The minimum absolute atomic E-state index is 0.192. The summed E-state index contributed by atoms with van der Waals surface area (Å²) < 4.78 is 19.9. The van der Waals surface area contributed by atoms with Crippen LogP contribution in [0.15, 0.2) is 47.5 Å². The summed E-state index contributed by atoms with van der Waals surface area (Å²) in [5.41, 5.74) is 3.10. The third-order valence-electron chi connectivity index (χ3n) is 6.26. The summed E-state index contributed by atoms with van der Waals surface area (Å²) in [4.78, 5) is 19.4. The number of nitrogens with one attached hydrogen (secondary N) is 1. The number of aryl methyl sites for hydroxylation is 2. The summed E-state index contributed by atoms with van der Waals surface area (Å²) in [7, 11) is 1.97. The predicted molar refractivity (Wildman–Crippen MR) is 111 cm³/mol. The lowest BCUT2D eigenvalue weighted by Crippen LogP contribution is -2.36. The lowest BCUT2D eigenvalue weighted by molar-refractivity contribution is 0.192. The molecule has 1 aliphatic rings. The van der Waals surface area contributed by atoms with E-state index in [1.54, 1.807) is 6.07 Å². The summed E-state index contributed by atoms with van der Waals surface area (Å²) >= 11 is 0. The van der Waals surface area contributed by atoms with Gasteiger partial charge in [-0.05, 0) is 42.7 Å². The number of hydrogen-bond acceptors (Lipinski definition) is 4. The normalized spacial score (nSPS) is 18.3. The van der Waals surface area contributed by atoms with Crippen LogP contribution < -0.4 is 10.3 Å². The number of rotatable bonds is 3. The van der Waals surface area contributed by atoms with Crippen molar-refractivity contribution >= 4 is 21.8 Å². The highest BCUT2D eigenvalue weighted by Crippen LogP contribution is 2.43. The number of ether oxygens (including phenoxy) is 1. The minimum atomic E-state index is -0.905. The van der Waals surface area contributed by atoms with Crippen LogP contribution in [0, 0.1) is 11.3 Å². The molecule has 30 heavy (non-hydrogen) atoms. The van der Waals surface area contributed by atoms with E-state index in [1.165, 1.54) is 6.33 Å². The second-order valence-corrected chi connectivity index (χ2v) is 7.72.